The molecule has 2 aromatic heterocycles. The summed E-state index contributed by atoms with van der Waals surface area (Å²) in [6.07, 6.45) is 1.86. The maximum atomic E-state index is 4.49. The largest absolute Gasteiger partial charge is 0.360 e. The predicted molar refractivity (Wildman–Crippen MR) is 86.1 cm³/mol. The molecule has 0 saturated heterocycles. The third-order valence-electron chi connectivity index (χ3n) is 3.24. The first-order valence-corrected chi connectivity index (χ1v) is 7.70. The van der Waals surface area contributed by atoms with Crippen LogP contribution in [0.25, 0.3) is 16.3 Å². The summed E-state index contributed by atoms with van der Waals surface area (Å²) in [6.45, 7) is 7.02. The monoisotopic (exact) mass is 299 g/mol. The fourth-order valence-corrected chi connectivity index (χ4v) is 3.07. The summed E-state index contributed by atoms with van der Waals surface area (Å²) in [4.78, 5) is 0. The van der Waals surface area contributed by atoms with Crippen LogP contribution in [0.4, 0.5) is 5.13 Å². The summed E-state index contributed by atoms with van der Waals surface area (Å²) >= 11 is 1.55. The highest BCUT2D eigenvalue weighted by molar-refractivity contribution is 7.18. The van der Waals surface area contributed by atoms with Crippen LogP contribution in [0.15, 0.2) is 30.5 Å². The van der Waals surface area contributed by atoms with E-state index in [2.05, 4.69) is 52.7 Å². The van der Waals surface area contributed by atoms with Gasteiger partial charge in [0.2, 0.25) is 5.13 Å². The normalized spacial score (nSPS) is 10.8. The Kier molecular flexibility index (Phi) is 3.70. The van der Waals surface area contributed by atoms with Crippen LogP contribution in [0, 0.1) is 13.8 Å². The van der Waals surface area contributed by atoms with Gasteiger partial charge < -0.3 is 5.32 Å². The molecule has 0 atom stereocenters. The van der Waals surface area contributed by atoms with Gasteiger partial charge >= 0.3 is 0 Å². The number of aryl methyl sites for hydroxylation is 1. The van der Waals surface area contributed by atoms with Crippen molar-refractivity contribution >= 4 is 16.5 Å². The zero-order chi connectivity index (χ0) is 14.8. The van der Waals surface area contributed by atoms with Crippen molar-refractivity contribution < 1.29 is 0 Å². The molecular formula is C15H17N5S. The lowest BCUT2D eigenvalue weighted by Gasteiger charge is -2.05. The van der Waals surface area contributed by atoms with Gasteiger partial charge in [0.05, 0.1) is 23.1 Å². The Labute approximate surface area is 127 Å². The number of benzene rings is 1. The Balaban J connectivity index is 1.98. The minimum absolute atomic E-state index is 0.843. The molecule has 1 aromatic carbocycles. The molecule has 0 bridgehead atoms. The molecule has 0 unspecified atom stereocenters. The Bertz CT molecular complexity index is 759. The minimum atomic E-state index is 0.843. The SMILES string of the molecule is CCNc1nnc(-c2cnn(-c3cccc(C)c3)c2C)s1. The molecule has 0 aliphatic heterocycles. The number of hydrogen-bond acceptors (Lipinski definition) is 5. The van der Waals surface area contributed by atoms with Gasteiger partial charge in [-0.1, -0.05) is 23.5 Å². The van der Waals surface area contributed by atoms with Crippen molar-refractivity contribution in [3.63, 3.8) is 0 Å². The van der Waals surface area contributed by atoms with Gasteiger partial charge in [0.15, 0.2) is 5.01 Å². The van der Waals surface area contributed by atoms with Gasteiger partial charge in [-0.3, -0.25) is 0 Å². The Hall–Kier alpha value is -2.21. The maximum absolute atomic E-state index is 4.49. The van der Waals surface area contributed by atoms with Gasteiger partial charge in [-0.25, -0.2) is 4.68 Å². The van der Waals surface area contributed by atoms with E-state index in [-0.39, 0.29) is 0 Å². The van der Waals surface area contributed by atoms with Gasteiger partial charge in [-0.05, 0) is 38.5 Å². The summed E-state index contributed by atoms with van der Waals surface area (Å²) < 4.78 is 1.94. The first-order valence-electron chi connectivity index (χ1n) is 6.88. The first-order chi connectivity index (χ1) is 10.2. The van der Waals surface area contributed by atoms with Crippen LogP contribution in [0.1, 0.15) is 18.2 Å². The molecule has 2 heterocycles. The van der Waals surface area contributed by atoms with E-state index in [0.717, 1.165) is 33.6 Å². The van der Waals surface area contributed by atoms with Crippen molar-refractivity contribution in [3.05, 3.63) is 41.7 Å². The molecule has 3 aromatic rings. The molecule has 3 rings (SSSR count). The van der Waals surface area contributed by atoms with Gasteiger partial charge in [-0.15, -0.1) is 10.2 Å². The molecule has 108 valence electrons. The topological polar surface area (TPSA) is 55.6 Å². The number of anilines is 1. The van der Waals surface area contributed by atoms with Gasteiger partial charge in [0, 0.05) is 6.54 Å². The molecule has 0 aliphatic carbocycles. The van der Waals surface area contributed by atoms with Crippen LogP contribution in [-0.4, -0.2) is 26.5 Å². The van der Waals surface area contributed by atoms with E-state index in [1.54, 1.807) is 11.3 Å². The van der Waals surface area contributed by atoms with Crippen molar-refractivity contribution in [2.24, 2.45) is 0 Å². The van der Waals surface area contributed by atoms with Gasteiger partial charge in [0.1, 0.15) is 0 Å². The summed E-state index contributed by atoms with van der Waals surface area (Å²) in [6, 6.07) is 8.30. The molecule has 6 heteroatoms. The third kappa shape index (κ3) is 2.67. The van der Waals surface area contributed by atoms with Crippen molar-refractivity contribution in [2.45, 2.75) is 20.8 Å². The van der Waals surface area contributed by atoms with E-state index in [0.29, 0.717) is 0 Å². The van der Waals surface area contributed by atoms with E-state index in [9.17, 15) is 0 Å². The average Bonchev–Trinajstić information content (AvgIpc) is 3.06. The molecule has 5 nitrogen and oxygen atoms in total. The summed E-state index contributed by atoms with van der Waals surface area (Å²) in [7, 11) is 0. The summed E-state index contributed by atoms with van der Waals surface area (Å²) in [5.74, 6) is 0. The number of aromatic nitrogens is 4. The highest BCUT2D eigenvalue weighted by atomic mass is 32.1. The summed E-state index contributed by atoms with van der Waals surface area (Å²) in [5, 5.41) is 17.8. The molecule has 0 spiro atoms. The summed E-state index contributed by atoms with van der Waals surface area (Å²) in [5.41, 5.74) is 4.38. The fourth-order valence-electron chi connectivity index (χ4n) is 2.19. The molecule has 0 saturated carbocycles. The van der Waals surface area contributed by atoms with Crippen molar-refractivity contribution in [2.75, 3.05) is 11.9 Å². The van der Waals surface area contributed by atoms with Crippen LogP contribution in [0.2, 0.25) is 0 Å². The van der Waals surface area contributed by atoms with E-state index >= 15 is 0 Å². The van der Waals surface area contributed by atoms with Crippen LogP contribution in [0.3, 0.4) is 0 Å². The molecule has 0 fully saturated rings. The highest BCUT2D eigenvalue weighted by Gasteiger charge is 2.14. The van der Waals surface area contributed by atoms with Gasteiger partial charge in [0.25, 0.3) is 0 Å². The average molecular weight is 299 g/mol. The molecule has 1 N–H and O–H groups in total. The molecule has 0 amide bonds. The van der Waals surface area contributed by atoms with E-state index in [4.69, 9.17) is 0 Å². The quantitative estimate of drug-likeness (QED) is 0.802. The Morgan fingerprint density at radius 2 is 2.10 bits per heavy atom. The van der Waals surface area contributed by atoms with Crippen molar-refractivity contribution in [3.8, 4) is 16.3 Å². The minimum Gasteiger partial charge on any atom is -0.360 e. The fraction of sp³-hybridized carbons (Fsp3) is 0.267. The van der Waals surface area contributed by atoms with E-state index in [1.165, 1.54) is 5.56 Å². The van der Waals surface area contributed by atoms with Crippen LogP contribution < -0.4 is 5.32 Å². The van der Waals surface area contributed by atoms with Crippen LogP contribution >= 0.6 is 11.3 Å². The standard InChI is InChI=1S/C15H17N5S/c1-4-16-15-19-18-14(21-15)13-9-17-20(11(13)3)12-7-5-6-10(2)8-12/h5-9H,4H2,1-3H3,(H,16,19). The highest BCUT2D eigenvalue weighted by Crippen LogP contribution is 2.29. The number of hydrogen-bond donors (Lipinski definition) is 1. The number of nitrogens with zero attached hydrogens (tertiary/aromatic N) is 4. The smallest absolute Gasteiger partial charge is 0.205 e. The number of nitrogens with one attached hydrogen (secondary N) is 1. The zero-order valence-electron chi connectivity index (χ0n) is 12.3. The predicted octanol–water partition coefficient (Wildman–Crippen LogP) is 3.44. The lowest BCUT2D eigenvalue weighted by Crippen LogP contribution is -1.98. The number of rotatable bonds is 4. The second-order valence-electron chi connectivity index (χ2n) is 4.84. The van der Waals surface area contributed by atoms with Crippen molar-refractivity contribution in [1.29, 1.82) is 0 Å². The molecule has 0 aliphatic rings. The van der Waals surface area contributed by atoms with E-state index in [1.807, 2.05) is 23.9 Å². The Morgan fingerprint density at radius 1 is 1.24 bits per heavy atom. The van der Waals surface area contributed by atoms with Crippen LogP contribution in [-0.2, 0) is 0 Å². The lowest BCUT2D eigenvalue weighted by atomic mass is 10.2. The van der Waals surface area contributed by atoms with Crippen LogP contribution in [0.5, 0.6) is 0 Å². The first kappa shape index (κ1) is 13.8. The second-order valence-corrected chi connectivity index (χ2v) is 5.81. The van der Waals surface area contributed by atoms with Crippen molar-refractivity contribution in [1.82, 2.24) is 20.0 Å². The second kappa shape index (κ2) is 5.65. The molecule has 0 radical (unpaired) electrons. The molecular weight excluding hydrogens is 282 g/mol. The molecule has 21 heavy (non-hydrogen) atoms. The van der Waals surface area contributed by atoms with E-state index < -0.39 is 0 Å². The third-order valence-corrected chi connectivity index (χ3v) is 4.15. The zero-order valence-corrected chi connectivity index (χ0v) is 13.1. The lowest BCUT2D eigenvalue weighted by molar-refractivity contribution is 0.846. The van der Waals surface area contributed by atoms with Gasteiger partial charge in [-0.2, -0.15) is 5.10 Å². The Morgan fingerprint density at radius 3 is 2.86 bits per heavy atom. The maximum Gasteiger partial charge on any atom is 0.205 e.